The molecule has 3 N–H and O–H groups in total. The van der Waals surface area contributed by atoms with Crippen LogP contribution in [-0.2, 0) is 0 Å². The highest BCUT2D eigenvalue weighted by molar-refractivity contribution is 9.10. The zero-order chi connectivity index (χ0) is 13.9. The van der Waals surface area contributed by atoms with E-state index in [1.165, 1.54) is 0 Å². The van der Waals surface area contributed by atoms with Crippen molar-refractivity contribution >= 4 is 15.9 Å². The van der Waals surface area contributed by atoms with Gasteiger partial charge < -0.3 is 10.8 Å². The van der Waals surface area contributed by atoms with Gasteiger partial charge in [0.05, 0.1) is 6.04 Å². The van der Waals surface area contributed by atoms with Crippen LogP contribution in [0.1, 0.15) is 39.3 Å². The fourth-order valence-corrected chi connectivity index (χ4v) is 2.76. The smallest absolute Gasteiger partial charge is 0.120 e. The van der Waals surface area contributed by atoms with Crippen LogP contribution in [0, 0.1) is 0 Å². The van der Waals surface area contributed by atoms with E-state index in [9.17, 15) is 5.11 Å². The number of aromatic hydroxyl groups is 1. The number of likely N-dealkylation sites (N-methyl/N-ethyl adjacent to an activating group) is 1. The number of halogens is 1. The van der Waals surface area contributed by atoms with Crippen LogP contribution < -0.4 is 5.73 Å². The first-order chi connectivity index (χ1) is 8.31. The Hall–Kier alpha value is -0.580. The van der Waals surface area contributed by atoms with Gasteiger partial charge >= 0.3 is 0 Å². The lowest BCUT2D eigenvalue weighted by Crippen LogP contribution is -2.46. The lowest BCUT2D eigenvalue weighted by Gasteiger charge is -2.41. The number of hydrogen-bond acceptors (Lipinski definition) is 3. The zero-order valence-corrected chi connectivity index (χ0v) is 13.2. The van der Waals surface area contributed by atoms with Crippen molar-refractivity contribution in [3.8, 4) is 5.75 Å². The Morgan fingerprint density at radius 2 is 2.00 bits per heavy atom. The van der Waals surface area contributed by atoms with Crippen LogP contribution in [0.25, 0.3) is 0 Å². The second-order valence-corrected chi connectivity index (χ2v) is 6.33. The van der Waals surface area contributed by atoms with Crippen molar-refractivity contribution in [2.24, 2.45) is 5.73 Å². The molecule has 0 bridgehead atoms. The molecule has 1 aromatic carbocycles. The third kappa shape index (κ3) is 3.46. The number of phenols is 1. The molecule has 0 aliphatic carbocycles. The molecule has 0 amide bonds. The predicted molar refractivity (Wildman–Crippen MR) is 79.7 cm³/mol. The molecule has 0 saturated heterocycles. The van der Waals surface area contributed by atoms with E-state index in [1.54, 1.807) is 6.07 Å². The molecular formula is C14H23BrN2O. The van der Waals surface area contributed by atoms with Crippen molar-refractivity contribution in [1.29, 1.82) is 0 Å². The molecular weight excluding hydrogens is 292 g/mol. The Bertz CT molecular complexity index is 401. The van der Waals surface area contributed by atoms with E-state index < -0.39 is 0 Å². The van der Waals surface area contributed by atoms with Gasteiger partial charge in [-0.3, -0.25) is 4.90 Å². The lowest BCUT2D eigenvalue weighted by molar-refractivity contribution is 0.0905. The summed E-state index contributed by atoms with van der Waals surface area (Å²) in [7, 11) is 0. The van der Waals surface area contributed by atoms with E-state index in [-0.39, 0.29) is 11.6 Å². The molecule has 0 aromatic heterocycles. The average Bonchev–Trinajstić information content (AvgIpc) is 2.27. The topological polar surface area (TPSA) is 49.5 Å². The minimum absolute atomic E-state index is 0.00748. The monoisotopic (exact) mass is 314 g/mol. The second kappa shape index (κ2) is 6.04. The van der Waals surface area contributed by atoms with Gasteiger partial charge in [-0.05, 0) is 45.5 Å². The van der Waals surface area contributed by atoms with E-state index in [0.717, 1.165) is 16.6 Å². The standard InChI is InChI=1S/C14H23BrN2O/c1-5-17(14(2,3)4)12(9-16)11-8-10(15)6-7-13(11)18/h6-8,12,18H,5,9,16H2,1-4H3. The summed E-state index contributed by atoms with van der Waals surface area (Å²) >= 11 is 3.44. The van der Waals surface area contributed by atoms with Gasteiger partial charge in [0, 0.05) is 22.1 Å². The Morgan fingerprint density at radius 1 is 1.39 bits per heavy atom. The number of nitrogens with two attached hydrogens (primary N) is 1. The first kappa shape index (κ1) is 15.5. The van der Waals surface area contributed by atoms with E-state index in [4.69, 9.17) is 5.73 Å². The van der Waals surface area contributed by atoms with Crippen LogP contribution >= 0.6 is 15.9 Å². The Morgan fingerprint density at radius 3 is 2.44 bits per heavy atom. The fourth-order valence-electron chi connectivity index (χ4n) is 2.38. The van der Waals surface area contributed by atoms with Crippen LogP contribution in [0.15, 0.2) is 22.7 Å². The van der Waals surface area contributed by atoms with Crippen LogP contribution in [0.2, 0.25) is 0 Å². The molecule has 0 saturated carbocycles. The first-order valence-corrected chi connectivity index (χ1v) is 7.05. The molecule has 3 nitrogen and oxygen atoms in total. The summed E-state index contributed by atoms with van der Waals surface area (Å²) < 4.78 is 0.957. The highest BCUT2D eigenvalue weighted by atomic mass is 79.9. The molecule has 1 rings (SSSR count). The number of hydrogen-bond donors (Lipinski definition) is 2. The van der Waals surface area contributed by atoms with Gasteiger partial charge in [0.1, 0.15) is 5.75 Å². The van der Waals surface area contributed by atoms with Gasteiger partial charge in [-0.2, -0.15) is 0 Å². The van der Waals surface area contributed by atoms with Crippen molar-refractivity contribution in [1.82, 2.24) is 4.90 Å². The van der Waals surface area contributed by atoms with Gasteiger partial charge in [0.2, 0.25) is 0 Å². The zero-order valence-electron chi connectivity index (χ0n) is 11.6. The van der Waals surface area contributed by atoms with Crippen molar-refractivity contribution in [2.45, 2.75) is 39.3 Å². The first-order valence-electron chi connectivity index (χ1n) is 6.26. The molecule has 18 heavy (non-hydrogen) atoms. The number of phenolic OH excluding ortho intramolecular Hbond substituents is 1. The van der Waals surface area contributed by atoms with Gasteiger partial charge in [-0.25, -0.2) is 0 Å². The summed E-state index contributed by atoms with van der Waals surface area (Å²) in [6.45, 7) is 9.96. The fraction of sp³-hybridized carbons (Fsp3) is 0.571. The molecule has 0 radical (unpaired) electrons. The van der Waals surface area contributed by atoms with Crippen molar-refractivity contribution in [2.75, 3.05) is 13.1 Å². The van der Waals surface area contributed by atoms with Crippen LogP contribution in [0.3, 0.4) is 0 Å². The molecule has 0 heterocycles. The summed E-state index contributed by atoms with van der Waals surface area (Å²) in [5, 5.41) is 10.0. The van der Waals surface area contributed by atoms with E-state index in [0.29, 0.717) is 12.3 Å². The van der Waals surface area contributed by atoms with Crippen LogP contribution in [-0.4, -0.2) is 28.6 Å². The summed E-state index contributed by atoms with van der Waals surface area (Å²) in [6.07, 6.45) is 0. The van der Waals surface area contributed by atoms with Gasteiger partial charge in [-0.1, -0.05) is 22.9 Å². The molecule has 1 unspecified atom stereocenters. The quantitative estimate of drug-likeness (QED) is 0.896. The predicted octanol–water partition coefficient (Wildman–Crippen LogP) is 3.27. The minimum Gasteiger partial charge on any atom is -0.508 e. The van der Waals surface area contributed by atoms with Crippen LogP contribution in [0.4, 0.5) is 0 Å². The lowest BCUT2D eigenvalue weighted by atomic mass is 9.97. The molecule has 1 atom stereocenters. The normalized spacial score (nSPS) is 13.9. The van der Waals surface area contributed by atoms with E-state index in [1.807, 2.05) is 12.1 Å². The molecule has 0 fully saturated rings. The number of benzene rings is 1. The third-order valence-corrected chi connectivity index (χ3v) is 3.64. The van der Waals surface area contributed by atoms with Crippen molar-refractivity contribution in [3.05, 3.63) is 28.2 Å². The van der Waals surface area contributed by atoms with E-state index >= 15 is 0 Å². The maximum atomic E-state index is 10.0. The Kier molecular flexibility index (Phi) is 5.20. The summed E-state index contributed by atoms with van der Waals surface area (Å²) in [6, 6.07) is 5.51. The van der Waals surface area contributed by atoms with Gasteiger partial charge in [0.25, 0.3) is 0 Å². The molecule has 0 aliphatic heterocycles. The Labute approximate surface area is 118 Å². The largest absolute Gasteiger partial charge is 0.508 e. The molecule has 102 valence electrons. The summed E-state index contributed by atoms with van der Waals surface area (Å²) in [4.78, 5) is 2.30. The highest BCUT2D eigenvalue weighted by Crippen LogP contribution is 2.34. The molecule has 1 aromatic rings. The van der Waals surface area contributed by atoms with Gasteiger partial charge in [-0.15, -0.1) is 0 Å². The maximum Gasteiger partial charge on any atom is 0.120 e. The molecule has 4 heteroatoms. The van der Waals surface area contributed by atoms with Crippen LogP contribution in [0.5, 0.6) is 5.75 Å². The highest BCUT2D eigenvalue weighted by Gasteiger charge is 2.29. The molecule has 0 spiro atoms. The van der Waals surface area contributed by atoms with Gasteiger partial charge in [0.15, 0.2) is 0 Å². The minimum atomic E-state index is 0.00748. The second-order valence-electron chi connectivity index (χ2n) is 5.41. The summed E-state index contributed by atoms with van der Waals surface area (Å²) in [5.74, 6) is 0.302. The summed E-state index contributed by atoms with van der Waals surface area (Å²) in [5.41, 5.74) is 6.81. The van der Waals surface area contributed by atoms with E-state index in [2.05, 4.69) is 48.5 Å². The number of rotatable bonds is 4. The maximum absolute atomic E-state index is 10.0. The third-order valence-electron chi connectivity index (χ3n) is 3.15. The number of nitrogens with zero attached hydrogens (tertiary/aromatic N) is 1. The van der Waals surface area contributed by atoms with Crippen molar-refractivity contribution in [3.63, 3.8) is 0 Å². The average molecular weight is 315 g/mol. The SMILES string of the molecule is CCN(C(CN)c1cc(Br)ccc1O)C(C)(C)C. The molecule has 0 aliphatic rings. The Balaban J connectivity index is 3.19. The van der Waals surface area contributed by atoms with Crippen molar-refractivity contribution < 1.29 is 5.11 Å².